The van der Waals surface area contributed by atoms with Crippen LogP contribution in [0.15, 0.2) is 34.1 Å². The van der Waals surface area contributed by atoms with E-state index in [1.54, 1.807) is 0 Å². The Bertz CT molecular complexity index is 370. The second-order valence-electron chi connectivity index (χ2n) is 5.87. The predicted molar refractivity (Wildman–Crippen MR) is 96.7 cm³/mol. The van der Waals surface area contributed by atoms with Gasteiger partial charge in [-0.25, -0.2) is 0 Å². The lowest BCUT2D eigenvalue weighted by atomic mass is 10.1. The van der Waals surface area contributed by atoms with Crippen LogP contribution in [-0.2, 0) is 0 Å². The van der Waals surface area contributed by atoms with Crippen molar-refractivity contribution < 1.29 is 0 Å². The van der Waals surface area contributed by atoms with Gasteiger partial charge in [-0.1, -0.05) is 76.8 Å². The summed E-state index contributed by atoms with van der Waals surface area (Å²) in [6.45, 7) is 3.50. The number of hydrogen-bond donors (Lipinski definition) is 0. The summed E-state index contributed by atoms with van der Waals surface area (Å²) >= 11 is 3.82. The lowest BCUT2D eigenvalue weighted by Crippen LogP contribution is -2.03. The van der Waals surface area contributed by atoms with Crippen molar-refractivity contribution in [2.45, 2.75) is 80.9 Å². The van der Waals surface area contributed by atoms with E-state index in [4.69, 9.17) is 0 Å². The first kappa shape index (κ1) is 17.2. The van der Waals surface area contributed by atoms with Crippen LogP contribution in [0.5, 0.6) is 0 Å². The Morgan fingerprint density at radius 3 is 1.71 bits per heavy atom. The van der Waals surface area contributed by atoms with Crippen LogP contribution in [0.4, 0.5) is 0 Å². The Labute approximate surface area is 139 Å². The van der Waals surface area contributed by atoms with E-state index >= 15 is 0 Å². The lowest BCUT2D eigenvalue weighted by molar-refractivity contribution is 0.544. The summed E-state index contributed by atoms with van der Waals surface area (Å²) in [7, 11) is 0. The lowest BCUT2D eigenvalue weighted by Gasteiger charge is -2.11. The molecule has 0 unspecified atom stereocenters. The van der Waals surface area contributed by atoms with Gasteiger partial charge in [-0.2, -0.15) is 3.71 Å². The van der Waals surface area contributed by atoms with E-state index in [-0.39, 0.29) is 0 Å². The monoisotopic (exact) mass is 323 g/mol. The van der Waals surface area contributed by atoms with Crippen molar-refractivity contribution in [3.63, 3.8) is 0 Å². The van der Waals surface area contributed by atoms with E-state index in [0.29, 0.717) is 0 Å². The van der Waals surface area contributed by atoms with Gasteiger partial charge < -0.3 is 0 Å². The zero-order valence-electron chi connectivity index (χ0n) is 13.4. The van der Waals surface area contributed by atoms with Gasteiger partial charge in [-0.3, -0.25) is 0 Å². The number of hydrogen-bond acceptors (Lipinski definition) is 3. The Morgan fingerprint density at radius 1 is 0.714 bits per heavy atom. The zero-order valence-corrected chi connectivity index (χ0v) is 15.0. The summed E-state index contributed by atoms with van der Waals surface area (Å²) in [6.07, 6.45) is 14.2. The second-order valence-corrected chi connectivity index (χ2v) is 8.23. The summed E-state index contributed by atoms with van der Waals surface area (Å²) in [5.41, 5.74) is 0. The Morgan fingerprint density at radius 2 is 1.19 bits per heavy atom. The molecule has 0 spiro atoms. The third-order valence-electron chi connectivity index (χ3n) is 3.94. The van der Waals surface area contributed by atoms with Gasteiger partial charge in [0.05, 0.1) is 0 Å². The molecule has 0 radical (unpaired) electrons. The fourth-order valence-corrected chi connectivity index (χ4v) is 4.99. The minimum Gasteiger partial charge on any atom is -0.186 e. The Kier molecular flexibility index (Phi) is 8.68. The first-order valence-corrected chi connectivity index (χ1v) is 10.2. The molecule has 0 saturated heterocycles. The zero-order chi connectivity index (χ0) is 14.8. The summed E-state index contributed by atoms with van der Waals surface area (Å²) in [4.78, 5) is 2.85. The molecule has 1 aromatic rings. The molecule has 0 aliphatic carbocycles. The van der Waals surface area contributed by atoms with E-state index in [0.717, 1.165) is 0 Å². The average Bonchev–Trinajstić information content (AvgIpc) is 2.92. The van der Waals surface area contributed by atoms with Crippen molar-refractivity contribution in [1.82, 2.24) is 3.71 Å². The largest absolute Gasteiger partial charge is 0.186 e. The maximum atomic E-state index is 2.44. The smallest absolute Gasteiger partial charge is 0.0388 e. The van der Waals surface area contributed by atoms with Gasteiger partial charge in [-0.05, 0) is 42.4 Å². The van der Waals surface area contributed by atoms with Crippen LogP contribution in [-0.4, -0.2) is 10.3 Å². The quantitative estimate of drug-likeness (QED) is 0.321. The molecule has 0 saturated carbocycles. The topological polar surface area (TPSA) is 3.24 Å². The van der Waals surface area contributed by atoms with Crippen molar-refractivity contribution in [3.8, 4) is 0 Å². The van der Waals surface area contributed by atoms with E-state index in [1.807, 2.05) is 23.9 Å². The van der Waals surface area contributed by atoms with Crippen molar-refractivity contribution in [1.29, 1.82) is 0 Å². The Balaban J connectivity index is 1.41. The van der Waals surface area contributed by atoms with Crippen molar-refractivity contribution in [2.75, 3.05) is 6.54 Å². The number of nitrogens with zero attached hydrogens (tertiary/aromatic N) is 1. The standard InChI is InChI=1S/C18H29NS2/c1-2-3-4-5-6-7-8-9-10-13-16-19-20-17-14-11-12-15-18(17)21-19/h11-12,14-15H,2-10,13,16H2,1H3. The van der Waals surface area contributed by atoms with Crippen LogP contribution in [0.3, 0.4) is 0 Å². The van der Waals surface area contributed by atoms with Gasteiger partial charge in [0.25, 0.3) is 0 Å². The van der Waals surface area contributed by atoms with Crippen LogP contribution >= 0.6 is 23.9 Å². The first-order valence-electron chi connectivity index (χ1n) is 8.62. The highest BCUT2D eigenvalue weighted by molar-refractivity contribution is 8.14. The summed E-state index contributed by atoms with van der Waals surface area (Å²) in [5.74, 6) is 0. The van der Waals surface area contributed by atoms with Gasteiger partial charge in [0, 0.05) is 16.3 Å². The number of unbranched alkanes of at least 4 members (excludes halogenated alkanes) is 9. The number of fused-ring (bicyclic) bond motifs is 1. The fourth-order valence-electron chi connectivity index (χ4n) is 2.66. The SMILES string of the molecule is CCCCCCCCCCCCN1Sc2ccccc2S1. The number of rotatable bonds is 11. The summed E-state index contributed by atoms with van der Waals surface area (Å²) in [5, 5.41) is 0. The molecule has 0 bridgehead atoms. The molecule has 0 atom stereocenters. The first-order chi connectivity index (χ1) is 10.4. The highest BCUT2D eigenvalue weighted by atomic mass is 32.2. The van der Waals surface area contributed by atoms with E-state index in [1.165, 1.54) is 80.5 Å². The minimum atomic E-state index is 1.21. The van der Waals surface area contributed by atoms with E-state index < -0.39 is 0 Å². The molecule has 0 aromatic heterocycles. The highest BCUT2D eigenvalue weighted by Crippen LogP contribution is 2.46. The molecular formula is C18H29NS2. The molecule has 0 N–H and O–H groups in total. The molecule has 0 amide bonds. The third-order valence-corrected chi connectivity index (χ3v) is 6.40. The van der Waals surface area contributed by atoms with Gasteiger partial charge in [-0.15, -0.1) is 0 Å². The fraction of sp³-hybridized carbons (Fsp3) is 0.667. The molecule has 1 aromatic carbocycles. The molecule has 118 valence electrons. The molecule has 1 aliphatic rings. The van der Waals surface area contributed by atoms with E-state index in [9.17, 15) is 0 Å². The second kappa shape index (κ2) is 10.6. The molecule has 1 aliphatic heterocycles. The van der Waals surface area contributed by atoms with Gasteiger partial charge in [0.2, 0.25) is 0 Å². The average molecular weight is 324 g/mol. The maximum Gasteiger partial charge on any atom is 0.0388 e. The van der Waals surface area contributed by atoms with Crippen molar-refractivity contribution in [3.05, 3.63) is 24.3 Å². The van der Waals surface area contributed by atoms with Crippen LogP contribution in [0, 0.1) is 0 Å². The van der Waals surface area contributed by atoms with Crippen LogP contribution in [0.25, 0.3) is 0 Å². The van der Waals surface area contributed by atoms with Crippen LogP contribution in [0.2, 0.25) is 0 Å². The highest BCUT2D eigenvalue weighted by Gasteiger charge is 2.19. The molecule has 3 heteroatoms. The maximum absolute atomic E-state index is 2.44. The minimum absolute atomic E-state index is 1.21. The predicted octanol–water partition coefficient (Wildman–Crippen LogP) is 6.94. The van der Waals surface area contributed by atoms with Gasteiger partial charge in [0.1, 0.15) is 0 Å². The summed E-state index contributed by atoms with van der Waals surface area (Å²) < 4.78 is 2.44. The Hall–Kier alpha value is -0.120. The number of benzene rings is 1. The van der Waals surface area contributed by atoms with Crippen LogP contribution < -0.4 is 0 Å². The molecule has 1 nitrogen and oxygen atoms in total. The van der Waals surface area contributed by atoms with Crippen molar-refractivity contribution in [2.24, 2.45) is 0 Å². The summed E-state index contributed by atoms with van der Waals surface area (Å²) in [6, 6.07) is 8.73. The molecule has 1 heterocycles. The molecule has 2 rings (SSSR count). The van der Waals surface area contributed by atoms with Gasteiger partial charge >= 0.3 is 0 Å². The third kappa shape index (κ3) is 6.66. The van der Waals surface area contributed by atoms with E-state index in [2.05, 4.69) is 34.9 Å². The molecule has 21 heavy (non-hydrogen) atoms. The van der Waals surface area contributed by atoms with Crippen LogP contribution in [0.1, 0.15) is 71.1 Å². The normalized spacial score (nSPS) is 14.5. The molecular weight excluding hydrogens is 294 g/mol. The van der Waals surface area contributed by atoms with Gasteiger partial charge in [0.15, 0.2) is 0 Å². The van der Waals surface area contributed by atoms with Crippen molar-refractivity contribution >= 4 is 23.9 Å². The molecule has 0 fully saturated rings.